The third-order valence-corrected chi connectivity index (χ3v) is 1.71. The number of nitrogens with two attached hydrogens (primary N) is 1. The molecular formula is C8H7BrNO. The molecule has 0 aliphatic rings. The van der Waals surface area contributed by atoms with Crippen LogP contribution in [-0.2, 0) is 4.79 Å². The Kier molecular flexibility index (Phi) is 2.65. The predicted molar refractivity (Wildman–Crippen MR) is 46.7 cm³/mol. The number of benzene rings is 1. The van der Waals surface area contributed by atoms with Gasteiger partial charge in [-0.05, 0) is 17.7 Å². The molecule has 1 aromatic carbocycles. The zero-order chi connectivity index (χ0) is 8.27. The molecule has 0 unspecified atom stereocenters. The van der Waals surface area contributed by atoms with Crippen molar-refractivity contribution in [2.24, 2.45) is 5.73 Å². The summed E-state index contributed by atoms with van der Waals surface area (Å²) >= 11 is 3.28. The van der Waals surface area contributed by atoms with Gasteiger partial charge in [0.2, 0.25) is 5.91 Å². The zero-order valence-corrected chi connectivity index (χ0v) is 7.34. The smallest absolute Gasteiger partial charge is 0.226 e. The van der Waals surface area contributed by atoms with E-state index in [4.69, 9.17) is 5.73 Å². The standard InChI is InChI=1S/C8H7BrNO/c9-7-3-1-6(2-4-7)5-8(10)11/h1-5H,(H2,10,11). The fourth-order valence-electron chi connectivity index (χ4n) is 0.723. The van der Waals surface area contributed by atoms with Crippen LogP contribution >= 0.6 is 15.9 Å². The second-order valence-electron chi connectivity index (χ2n) is 2.10. The molecule has 0 bridgehead atoms. The maximum Gasteiger partial charge on any atom is 0.226 e. The van der Waals surface area contributed by atoms with Gasteiger partial charge in [0.25, 0.3) is 0 Å². The van der Waals surface area contributed by atoms with E-state index >= 15 is 0 Å². The Bertz CT molecular complexity index is 255. The fraction of sp³-hybridized carbons (Fsp3) is 0. The third-order valence-electron chi connectivity index (χ3n) is 1.18. The molecule has 2 N–H and O–H groups in total. The van der Waals surface area contributed by atoms with Crippen molar-refractivity contribution in [2.45, 2.75) is 0 Å². The highest BCUT2D eigenvalue weighted by Crippen LogP contribution is 2.11. The van der Waals surface area contributed by atoms with Gasteiger partial charge in [-0.25, -0.2) is 0 Å². The van der Waals surface area contributed by atoms with Gasteiger partial charge >= 0.3 is 0 Å². The van der Waals surface area contributed by atoms with E-state index in [2.05, 4.69) is 15.9 Å². The first-order chi connectivity index (χ1) is 5.18. The van der Waals surface area contributed by atoms with Crippen LogP contribution in [0.3, 0.4) is 0 Å². The number of carbonyl (C=O) groups is 1. The molecule has 57 valence electrons. The number of amides is 1. The van der Waals surface area contributed by atoms with E-state index in [0.717, 1.165) is 10.0 Å². The van der Waals surface area contributed by atoms with Crippen LogP contribution in [0.25, 0.3) is 0 Å². The highest BCUT2D eigenvalue weighted by molar-refractivity contribution is 9.10. The van der Waals surface area contributed by atoms with Crippen molar-refractivity contribution >= 4 is 21.8 Å². The van der Waals surface area contributed by atoms with Crippen LogP contribution in [-0.4, -0.2) is 5.91 Å². The average molecular weight is 213 g/mol. The maximum atomic E-state index is 10.4. The van der Waals surface area contributed by atoms with Crippen LogP contribution in [0.1, 0.15) is 5.56 Å². The summed E-state index contributed by atoms with van der Waals surface area (Å²) in [5.74, 6) is -0.424. The normalized spacial score (nSPS) is 9.55. The lowest BCUT2D eigenvalue weighted by atomic mass is 10.1. The molecule has 1 radical (unpaired) electrons. The van der Waals surface area contributed by atoms with Crippen LogP contribution in [0.2, 0.25) is 0 Å². The van der Waals surface area contributed by atoms with Crippen molar-refractivity contribution < 1.29 is 4.79 Å². The van der Waals surface area contributed by atoms with Gasteiger partial charge in [-0.15, -0.1) is 0 Å². The Morgan fingerprint density at radius 1 is 1.36 bits per heavy atom. The van der Waals surface area contributed by atoms with E-state index in [1.807, 2.05) is 24.3 Å². The summed E-state index contributed by atoms with van der Waals surface area (Å²) in [5, 5.41) is 0. The topological polar surface area (TPSA) is 43.1 Å². The Balaban J connectivity index is 2.74. The van der Waals surface area contributed by atoms with E-state index in [0.29, 0.717) is 0 Å². The molecule has 3 heteroatoms. The van der Waals surface area contributed by atoms with Crippen LogP contribution < -0.4 is 5.73 Å². The monoisotopic (exact) mass is 212 g/mol. The zero-order valence-electron chi connectivity index (χ0n) is 5.75. The number of hydrogen-bond acceptors (Lipinski definition) is 1. The van der Waals surface area contributed by atoms with E-state index in [9.17, 15) is 4.79 Å². The molecular weight excluding hydrogens is 206 g/mol. The second-order valence-corrected chi connectivity index (χ2v) is 3.01. The Morgan fingerprint density at radius 2 is 1.91 bits per heavy atom. The predicted octanol–water partition coefficient (Wildman–Crippen LogP) is 1.49. The number of primary amides is 1. The fourth-order valence-corrected chi connectivity index (χ4v) is 0.988. The lowest BCUT2D eigenvalue weighted by molar-refractivity contribution is -0.114. The molecule has 2 nitrogen and oxygen atoms in total. The van der Waals surface area contributed by atoms with Gasteiger partial charge in [-0.2, -0.15) is 0 Å². The van der Waals surface area contributed by atoms with Gasteiger partial charge in [-0.3, -0.25) is 4.79 Å². The highest BCUT2D eigenvalue weighted by Gasteiger charge is 1.97. The van der Waals surface area contributed by atoms with E-state index < -0.39 is 5.91 Å². The molecule has 1 amide bonds. The van der Waals surface area contributed by atoms with Gasteiger partial charge in [-0.1, -0.05) is 28.1 Å². The lowest BCUT2D eigenvalue weighted by Crippen LogP contribution is -2.11. The van der Waals surface area contributed by atoms with Gasteiger partial charge in [0.1, 0.15) is 0 Å². The van der Waals surface area contributed by atoms with E-state index in [1.54, 1.807) is 0 Å². The van der Waals surface area contributed by atoms with E-state index in [-0.39, 0.29) is 0 Å². The molecule has 0 aromatic heterocycles. The van der Waals surface area contributed by atoms with Gasteiger partial charge in [0.15, 0.2) is 0 Å². The van der Waals surface area contributed by atoms with Crippen molar-refractivity contribution in [3.63, 3.8) is 0 Å². The molecule has 0 fully saturated rings. The minimum absolute atomic E-state index is 0.424. The number of carbonyl (C=O) groups excluding carboxylic acids is 1. The van der Waals surface area contributed by atoms with Gasteiger partial charge in [0.05, 0.1) is 6.42 Å². The highest BCUT2D eigenvalue weighted by atomic mass is 79.9. The van der Waals surface area contributed by atoms with Gasteiger partial charge in [0, 0.05) is 4.47 Å². The lowest BCUT2D eigenvalue weighted by Gasteiger charge is -1.95. The molecule has 1 rings (SSSR count). The summed E-state index contributed by atoms with van der Waals surface area (Å²) in [6.07, 6.45) is 1.38. The molecule has 1 aromatic rings. The summed E-state index contributed by atoms with van der Waals surface area (Å²) in [5.41, 5.74) is 5.78. The minimum atomic E-state index is -0.424. The molecule has 0 heterocycles. The first-order valence-corrected chi connectivity index (χ1v) is 3.87. The largest absolute Gasteiger partial charge is 0.369 e. The molecule has 0 spiro atoms. The molecule has 0 aliphatic heterocycles. The summed E-state index contributed by atoms with van der Waals surface area (Å²) in [7, 11) is 0. The number of halogens is 1. The van der Waals surface area contributed by atoms with Crippen LogP contribution in [0.5, 0.6) is 0 Å². The number of hydrogen-bond donors (Lipinski definition) is 1. The van der Waals surface area contributed by atoms with Crippen LogP contribution in [0.15, 0.2) is 28.7 Å². The molecule has 0 aliphatic carbocycles. The van der Waals surface area contributed by atoms with Crippen molar-refractivity contribution in [1.82, 2.24) is 0 Å². The quantitative estimate of drug-likeness (QED) is 0.794. The molecule has 0 saturated heterocycles. The van der Waals surface area contributed by atoms with Crippen LogP contribution in [0.4, 0.5) is 0 Å². The maximum absolute atomic E-state index is 10.4. The Morgan fingerprint density at radius 3 is 2.36 bits per heavy atom. The average Bonchev–Trinajstić information content (AvgIpc) is 1.93. The summed E-state index contributed by atoms with van der Waals surface area (Å²) < 4.78 is 0.985. The molecule has 11 heavy (non-hydrogen) atoms. The van der Waals surface area contributed by atoms with Crippen LogP contribution in [0, 0.1) is 6.42 Å². The van der Waals surface area contributed by atoms with Crippen molar-refractivity contribution in [2.75, 3.05) is 0 Å². The van der Waals surface area contributed by atoms with Crippen molar-refractivity contribution in [1.29, 1.82) is 0 Å². The minimum Gasteiger partial charge on any atom is -0.369 e. The Hall–Kier alpha value is -0.830. The summed E-state index contributed by atoms with van der Waals surface area (Å²) in [6, 6.07) is 7.34. The second kappa shape index (κ2) is 3.53. The van der Waals surface area contributed by atoms with Crippen molar-refractivity contribution in [3.8, 4) is 0 Å². The third kappa shape index (κ3) is 2.72. The number of rotatable bonds is 2. The first kappa shape index (κ1) is 8.27. The van der Waals surface area contributed by atoms with Crippen molar-refractivity contribution in [3.05, 3.63) is 40.7 Å². The summed E-state index contributed by atoms with van der Waals surface area (Å²) in [6.45, 7) is 0. The Labute approximate surface area is 73.5 Å². The SMILES string of the molecule is NC(=O)[CH]c1ccc(Br)cc1. The molecule has 0 saturated carbocycles. The molecule has 0 atom stereocenters. The van der Waals surface area contributed by atoms with E-state index in [1.165, 1.54) is 6.42 Å². The van der Waals surface area contributed by atoms with Gasteiger partial charge < -0.3 is 5.73 Å². The summed E-state index contributed by atoms with van der Waals surface area (Å²) in [4.78, 5) is 10.4. The first-order valence-electron chi connectivity index (χ1n) is 3.08.